The Morgan fingerprint density at radius 2 is 1.19 bits per heavy atom. The number of hydrogen-bond donors (Lipinski definition) is 2. The molecule has 1 aromatic carbocycles. The van der Waals surface area contributed by atoms with Crippen molar-refractivity contribution in [2.24, 2.45) is 0 Å². The molecule has 0 amide bonds. The third-order valence-corrected chi connectivity index (χ3v) is 3.52. The Balaban J connectivity index is 2.52. The summed E-state index contributed by atoms with van der Waals surface area (Å²) in [6.07, 6.45) is 4.72. The highest BCUT2D eigenvalue weighted by atomic mass is 32.1. The summed E-state index contributed by atoms with van der Waals surface area (Å²) in [5.41, 5.74) is 2.12. The maximum absolute atomic E-state index is 5.23. The molecular weight excluding hydrogens is 236 g/mol. The summed E-state index contributed by atoms with van der Waals surface area (Å²) in [6, 6.07) is 0. The van der Waals surface area contributed by atoms with E-state index in [0.717, 1.165) is 33.5 Å². The minimum Gasteiger partial charge on any atom is -0.382 e. The number of rotatable bonds is 8. The van der Waals surface area contributed by atoms with E-state index in [1.165, 1.54) is 25.7 Å². The van der Waals surface area contributed by atoms with Crippen molar-refractivity contribution >= 4 is 35.8 Å². The van der Waals surface area contributed by atoms with Gasteiger partial charge in [-0.15, -0.1) is 0 Å². The van der Waals surface area contributed by atoms with Gasteiger partial charge >= 0.3 is 0 Å². The lowest BCUT2D eigenvalue weighted by Crippen LogP contribution is -2.11. The van der Waals surface area contributed by atoms with E-state index in [-0.39, 0.29) is 0 Å². The lowest BCUT2D eigenvalue weighted by Gasteiger charge is -2.17. The van der Waals surface area contributed by atoms with Gasteiger partial charge in [-0.3, -0.25) is 0 Å². The summed E-state index contributed by atoms with van der Waals surface area (Å²) in [6.45, 7) is 6.32. The first-order valence-corrected chi connectivity index (χ1v) is 6.85. The number of anilines is 2. The predicted octanol–water partition coefficient (Wildman–Crippen LogP) is 4.45. The predicted molar refractivity (Wildman–Crippen MR) is 77.3 cm³/mol. The molecule has 0 bridgehead atoms. The molecule has 0 aliphatic heterocycles. The van der Waals surface area contributed by atoms with Crippen LogP contribution < -0.4 is 10.6 Å². The van der Waals surface area contributed by atoms with Crippen LogP contribution in [-0.2, 0) is 0 Å². The summed E-state index contributed by atoms with van der Waals surface area (Å²) < 4.78 is 1.65. The SMILES string of the molecule is CCCCNc1c(NCCCC)c(=S)c1=S. The van der Waals surface area contributed by atoms with Crippen molar-refractivity contribution in [2.75, 3.05) is 23.7 Å². The van der Waals surface area contributed by atoms with Gasteiger partial charge in [0, 0.05) is 13.1 Å². The fraction of sp³-hybridized carbons (Fsp3) is 0.667. The smallest absolute Gasteiger partial charge is 0.0832 e. The molecular formula is C12H20N2S2. The molecule has 0 heterocycles. The molecule has 90 valence electrons. The Kier molecular flexibility index (Phi) is 5.91. The molecule has 16 heavy (non-hydrogen) atoms. The maximum atomic E-state index is 5.23. The Morgan fingerprint density at radius 3 is 1.50 bits per heavy atom. The zero-order valence-electron chi connectivity index (χ0n) is 10.1. The van der Waals surface area contributed by atoms with E-state index < -0.39 is 0 Å². The molecule has 0 spiro atoms. The van der Waals surface area contributed by atoms with Gasteiger partial charge in [-0.1, -0.05) is 51.1 Å². The second-order valence-corrected chi connectivity index (χ2v) is 4.79. The van der Waals surface area contributed by atoms with Gasteiger partial charge in [0.05, 0.1) is 20.4 Å². The van der Waals surface area contributed by atoms with Crippen LogP contribution in [0.15, 0.2) is 0 Å². The van der Waals surface area contributed by atoms with Crippen molar-refractivity contribution in [3.63, 3.8) is 0 Å². The molecule has 0 radical (unpaired) electrons. The van der Waals surface area contributed by atoms with Crippen LogP contribution in [-0.4, -0.2) is 13.1 Å². The molecule has 4 heteroatoms. The summed E-state index contributed by atoms with van der Waals surface area (Å²) in [5.74, 6) is 0. The van der Waals surface area contributed by atoms with E-state index >= 15 is 0 Å². The topological polar surface area (TPSA) is 24.1 Å². The van der Waals surface area contributed by atoms with Crippen molar-refractivity contribution in [3.05, 3.63) is 9.02 Å². The van der Waals surface area contributed by atoms with Crippen molar-refractivity contribution < 1.29 is 0 Å². The molecule has 0 saturated carbocycles. The van der Waals surface area contributed by atoms with Crippen LogP contribution in [0.5, 0.6) is 0 Å². The Morgan fingerprint density at radius 1 is 0.812 bits per heavy atom. The van der Waals surface area contributed by atoms with E-state index in [4.69, 9.17) is 24.4 Å². The summed E-state index contributed by atoms with van der Waals surface area (Å²) in [7, 11) is 0. The van der Waals surface area contributed by atoms with Crippen molar-refractivity contribution in [1.82, 2.24) is 0 Å². The highest BCUT2D eigenvalue weighted by molar-refractivity contribution is 7.74. The molecule has 0 unspecified atom stereocenters. The third-order valence-electron chi connectivity index (χ3n) is 2.57. The molecule has 2 nitrogen and oxygen atoms in total. The molecule has 1 rings (SSSR count). The largest absolute Gasteiger partial charge is 0.382 e. The van der Waals surface area contributed by atoms with Crippen LogP contribution in [0.3, 0.4) is 0 Å². The van der Waals surface area contributed by atoms with Gasteiger partial charge in [-0.2, -0.15) is 0 Å². The van der Waals surface area contributed by atoms with Crippen molar-refractivity contribution in [1.29, 1.82) is 0 Å². The number of hydrogen-bond acceptors (Lipinski definition) is 4. The fourth-order valence-electron chi connectivity index (χ4n) is 1.51. The van der Waals surface area contributed by atoms with Gasteiger partial charge < -0.3 is 10.6 Å². The second kappa shape index (κ2) is 6.97. The van der Waals surface area contributed by atoms with Gasteiger partial charge in [0.15, 0.2) is 0 Å². The zero-order valence-corrected chi connectivity index (χ0v) is 11.7. The summed E-state index contributed by atoms with van der Waals surface area (Å²) >= 11 is 10.5. The van der Waals surface area contributed by atoms with Crippen molar-refractivity contribution in [2.45, 2.75) is 39.5 Å². The van der Waals surface area contributed by atoms with Gasteiger partial charge in [-0.25, -0.2) is 0 Å². The average molecular weight is 256 g/mol. The second-order valence-electron chi connectivity index (χ2n) is 3.97. The molecule has 2 N–H and O–H groups in total. The Hall–Kier alpha value is -0.480. The monoisotopic (exact) mass is 256 g/mol. The minimum atomic E-state index is 0.824. The molecule has 0 saturated heterocycles. The van der Waals surface area contributed by atoms with Gasteiger partial charge in [0.25, 0.3) is 0 Å². The standard InChI is InChI=1S/C12H20N2S2/c1-3-5-7-13-9-10(12(16)11(9)15)14-8-6-4-2/h13-14H,3-8H2,1-2H3. The van der Waals surface area contributed by atoms with Gasteiger partial charge in [0.1, 0.15) is 0 Å². The summed E-state index contributed by atoms with van der Waals surface area (Å²) in [4.78, 5) is 0. The Bertz CT molecular complexity index is 354. The van der Waals surface area contributed by atoms with E-state index in [2.05, 4.69) is 24.5 Å². The lowest BCUT2D eigenvalue weighted by molar-refractivity contribution is 0.826. The van der Waals surface area contributed by atoms with E-state index in [9.17, 15) is 0 Å². The first kappa shape index (κ1) is 13.6. The molecule has 0 aliphatic rings. The first-order chi connectivity index (χ1) is 7.72. The highest BCUT2D eigenvalue weighted by Gasteiger charge is 2.13. The number of nitrogens with one attached hydrogen (secondary N) is 2. The van der Waals surface area contributed by atoms with Crippen LogP contribution in [0.4, 0.5) is 11.4 Å². The summed E-state index contributed by atoms with van der Waals surface area (Å²) in [5, 5.41) is 6.73. The normalized spacial score (nSPS) is 10.6. The van der Waals surface area contributed by atoms with E-state index in [1.54, 1.807) is 0 Å². The number of unbranched alkanes of at least 4 members (excludes halogenated alkanes) is 2. The minimum absolute atomic E-state index is 0.824. The molecule has 0 aromatic heterocycles. The highest BCUT2D eigenvalue weighted by Crippen LogP contribution is 2.32. The molecule has 0 fully saturated rings. The van der Waals surface area contributed by atoms with Crippen LogP contribution in [0, 0.1) is 9.02 Å². The lowest BCUT2D eigenvalue weighted by atomic mass is 10.2. The van der Waals surface area contributed by atoms with Gasteiger partial charge in [-0.05, 0) is 12.8 Å². The maximum Gasteiger partial charge on any atom is 0.0832 e. The Labute approximate surface area is 108 Å². The van der Waals surface area contributed by atoms with E-state index in [0.29, 0.717) is 0 Å². The van der Waals surface area contributed by atoms with Crippen LogP contribution >= 0.6 is 24.4 Å². The molecule has 0 aliphatic carbocycles. The third kappa shape index (κ3) is 3.25. The average Bonchev–Trinajstić information content (AvgIpc) is 2.31. The van der Waals surface area contributed by atoms with Crippen LogP contribution in [0.2, 0.25) is 0 Å². The zero-order chi connectivity index (χ0) is 12.0. The first-order valence-electron chi connectivity index (χ1n) is 6.03. The van der Waals surface area contributed by atoms with Gasteiger partial charge in [0.2, 0.25) is 0 Å². The fourth-order valence-corrected chi connectivity index (χ4v) is 2.06. The van der Waals surface area contributed by atoms with Crippen molar-refractivity contribution in [3.8, 4) is 0 Å². The quantitative estimate of drug-likeness (QED) is 0.530. The molecule has 0 atom stereocenters. The molecule has 1 aromatic rings. The van der Waals surface area contributed by atoms with Crippen LogP contribution in [0.1, 0.15) is 39.5 Å². The van der Waals surface area contributed by atoms with Crippen LogP contribution in [0.25, 0.3) is 0 Å². The van der Waals surface area contributed by atoms with E-state index in [1.807, 2.05) is 0 Å².